The molecule has 6 nitrogen and oxygen atoms in total. The molecule has 1 amide bonds. The Labute approximate surface area is 155 Å². The Morgan fingerprint density at radius 1 is 1.12 bits per heavy atom. The molecule has 0 atom stereocenters. The first-order valence-electron chi connectivity index (χ1n) is 7.46. The van der Waals surface area contributed by atoms with Crippen molar-refractivity contribution in [3.63, 3.8) is 0 Å². The summed E-state index contributed by atoms with van der Waals surface area (Å²) < 4.78 is 47.5. The van der Waals surface area contributed by atoms with Crippen molar-refractivity contribution in [2.75, 3.05) is 25.3 Å². The summed E-state index contributed by atoms with van der Waals surface area (Å²) in [5.74, 6) is -0.839. The van der Waals surface area contributed by atoms with Gasteiger partial charge in [-0.25, -0.2) is 12.8 Å². The Balaban J connectivity index is 2.08. The fourth-order valence-corrected chi connectivity index (χ4v) is 3.63. The molecular formula is C17H17ClFNO5S. The molecule has 0 saturated carbocycles. The molecule has 0 saturated heterocycles. The van der Waals surface area contributed by atoms with Gasteiger partial charge in [-0.15, -0.1) is 0 Å². The average molecular weight is 402 g/mol. The van der Waals surface area contributed by atoms with Gasteiger partial charge in [-0.1, -0.05) is 11.6 Å². The third kappa shape index (κ3) is 4.86. The molecule has 2 aromatic rings. The monoisotopic (exact) mass is 401 g/mol. The van der Waals surface area contributed by atoms with Crippen LogP contribution in [0.2, 0.25) is 5.02 Å². The molecule has 0 fully saturated rings. The van der Waals surface area contributed by atoms with E-state index in [-0.39, 0.29) is 11.3 Å². The van der Waals surface area contributed by atoms with Gasteiger partial charge in [0.15, 0.2) is 9.84 Å². The lowest BCUT2D eigenvalue weighted by atomic mass is 10.2. The standard InChI is InChI=1S/C17H17ClFNO5S/c1-24-15-10-14(16(25-2)9-13(15)18)20-17(21)7-8-26(22,23)12-5-3-11(19)4-6-12/h3-6,9-10H,7-8H2,1-2H3,(H,20,21). The van der Waals surface area contributed by atoms with Crippen molar-refractivity contribution in [2.24, 2.45) is 0 Å². The van der Waals surface area contributed by atoms with Crippen LogP contribution >= 0.6 is 11.6 Å². The lowest BCUT2D eigenvalue weighted by molar-refractivity contribution is -0.115. The molecule has 0 aliphatic carbocycles. The van der Waals surface area contributed by atoms with Gasteiger partial charge in [0.25, 0.3) is 0 Å². The van der Waals surface area contributed by atoms with Crippen LogP contribution in [0.4, 0.5) is 10.1 Å². The molecule has 26 heavy (non-hydrogen) atoms. The summed E-state index contributed by atoms with van der Waals surface area (Å²) in [6.45, 7) is 0. The second-order valence-electron chi connectivity index (χ2n) is 5.26. The Kier molecular flexibility index (Phi) is 6.44. The number of hydrogen-bond donors (Lipinski definition) is 1. The SMILES string of the molecule is COc1cc(NC(=O)CCS(=O)(=O)c2ccc(F)cc2)c(OC)cc1Cl. The molecule has 2 aromatic carbocycles. The number of halogens is 2. The molecule has 0 radical (unpaired) electrons. The van der Waals surface area contributed by atoms with Crippen molar-refractivity contribution in [2.45, 2.75) is 11.3 Å². The van der Waals surface area contributed by atoms with E-state index in [0.29, 0.717) is 22.2 Å². The van der Waals surface area contributed by atoms with Crippen LogP contribution in [0.15, 0.2) is 41.3 Å². The number of carbonyl (C=O) groups excluding carboxylic acids is 1. The molecule has 1 N–H and O–H groups in total. The van der Waals surface area contributed by atoms with Crippen LogP contribution in [0, 0.1) is 5.82 Å². The highest BCUT2D eigenvalue weighted by molar-refractivity contribution is 7.91. The van der Waals surface area contributed by atoms with Crippen LogP contribution in [-0.2, 0) is 14.6 Å². The van der Waals surface area contributed by atoms with Gasteiger partial charge in [0.1, 0.15) is 17.3 Å². The zero-order valence-electron chi connectivity index (χ0n) is 14.1. The normalized spacial score (nSPS) is 11.1. The Hall–Kier alpha value is -2.32. The minimum atomic E-state index is -3.70. The zero-order chi connectivity index (χ0) is 19.3. The average Bonchev–Trinajstić information content (AvgIpc) is 2.61. The molecule has 2 rings (SSSR count). The van der Waals surface area contributed by atoms with Crippen LogP contribution in [0.25, 0.3) is 0 Å². The van der Waals surface area contributed by atoms with Crippen LogP contribution in [0.1, 0.15) is 6.42 Å². The number of hydrogen-bond acceptors (Lipinski definition) is 5. The minimum Gasteiger partial charge on any atom is -0.495 e. The summed E-state index contributed by atoms with van der Waals surface area (Å²) in [6.07, 6.45) is -0.284. The summed E-state index contributed by atoms with van der Waals surface area (Å²) in [5, 5.41) is 2.88. The summed E-state index contributed by atoms with van der Waals surface area (Å²) in [5.41, 5.74) is 0.304. The molecule has 0 aliphatic heterocycles. The van der Waals surface area contributed by atoms with E-state index in [9.17, 15) is 17.6 Å². The fraction of sp³-hybridized carbons (Fsp3) is 0.235. The molecule has 0 aliphatic rings. The number of nitrogens with one attached hydrogen (secondary N) is 1. The second kappa shape index (κ2) is 8.37. The third-order valence-corrected chi connectivity index (χ3v) is 5.55. The maximum Gasteiger partial charge on any atom is 0.225 e. The molecule has 140 valence electrons. The van der Waals surface area contributed by atoms with Gasteiger partial charge in [0, 0.05) is 18.6 Å². The fourth-order valence-electron chi connectivity index (χ4n) is 2.16. The van der Waals surface area contributed by atoms with E-state index in [1.54, 1.807) is 0 Å². The van der Waals surface area contributed by atoms with Crippen LogP contribution < -0.4 is 14.8 Å². The summed E-state index contributed by atoms with van der Waals surface area (Å²) >= 11 is 5.99. The molecule has 0 heterocycles. The molecule has 0 aromatic heterocycles. The topological polar surface area (TPSA) is 81.7 Å². The maximum absolute atomic E-state index is 12.9. The smallest absolute Gasteiger partial charge is 0.225 e. The Morgan fingerprint density at radius 3 is 2.31 bits per heavy atom. The van der Waals surface area contributed by atoms with Gasteiger partial charge in [-0.2, -0.15) is 0 Å². The lowest BCUT2D eigenvalue weighted by Gasteiger charge is -2.13. The van der Waals surface area contributed by atoms with E-state index in [1.807, 2.05) is 0 Å². The Bertz CT molecular complexity index is 900. The summed E-state index contributed by atoms with van der Waals surface area (Å²) in [4.78, 5) is 12.1. The van der Waals surface area contributed by atoms with E-state index >= 15 is 0 Å². The van der Waals surface area contributed by atoms with Gasteiger partial charge in [0.2, 0.25) is 5.91 Å². The molecular weight excluding hydrogens is 385 g/mol. The minimum absolute atomic E-state index is 0.0440. The van der Waals surface area contributed by atoms with E-state index < -0.39 is 27.3 Å². The Morgan fingerprint density at radius 2 is 1.73 bits per heavy atom. The first-order valence-corrected chi connectivity index (χ1v) is 9.49. The van der Waals surface area contributed by atoms with E-state index in [4.69, 9.17) is 21.1 Å². The first-order chi connectivity index (χ1) is 12.3. The predicted molar refractivity (Wildman–Crippen MR) is 96.3 cm³/mol. The molecule has 0 bridgehead atoms. The van der Waals surface area contributed by atoms with Crippen molar-refractivity contribution in [1.82, 2.24) is 0 Å². The number of sulfone groups is 1. The molecule has 0 unspecified atom stereocenters. The van der Waals surface area contributed by atoms with Gasteiger partial charge < -0.3 is 14.8 Å². The third-order valence-electron chi connectivity index (χ3n) is 3.52. The highest BCUT2D eigenvalue weighted by Crippen LogP contribution is 2.35. The lowest BCUT2D eigenvalue weighted by Crippen LogP contribution is -2.18. The van der Waals surface area contributed by atoms with E-state index in [1.165, 1.54) is 26.4 Å². The van der Waals surface area contributed by atoms with Crippen molar-refractivity contribution in [3.05, 3.63) is 47.2 Å². The quantitative estimate of drug-likeness (QED) is 0.720. The highest BCUT2D eigenvalue weighted by Gasteiger charge is 2.18. The first kappa shape index (κ1) is 20.0. The van der Waals surface area contributed by atoms with Gasteiger partial charge in [0.05, 0.1) is 35.6 Å². The largest absolute Gasteiger partial charge is 0.495 e. The van der Waals surface area contributed by atoms with Gasteiger partial charge >= 0.3 is 0 Å². The predicted octanol–water partition coefficient (Wildman–Crippen LogP) is 3.30. The van der Waals surface area contributed by atoms with E-state index in [2.05, 4.69) is 5.32 Å². The van der Waals surface area contributed by atoms with E-state index in [0.717, 1.165) is 24.3 Å². The van der Waals surface area contributed by atoms with Crippen molar-refractivity contribution < 1.29 is 27.1 Å². The van der Waals surface area contributed by atoms with Crippen LogP contribution in [0.5, 0.6) is 11.5 Å². The van der Waals surface area contributed by atoms with Crippen molar-refractivity contribution >= 4 is 33.0 Å². The van der Waals surface area contributed by atoms with Gasteiger partial charge in [-0.05, 0) is 24.3 Å². The van der Waals surface area contributed by atoms with Gasteiger partial charge in [-0.3, -0.25) is 4.79 Å². The van der Waals surface area contributed by atoms with Crippen molar-refractivity contribution in [3.8, 4) is 11.5 Å². The number of anilines is 1. The van der Waals surface area contributed by atoms with Crippen molar-refractivity contribution in [1.29, 1.82) is 0 Å². The number of amides is 1. The number of benzene rings is 2. The maximum atomic E-state index is 12.9. The second-order valence-corrected chi connectivity index (χ2v) is 7.77. The number of ether oxygens (including phenoxy) is 2. The molecule has 9 heteroatoms. The molecule has 0 spiro atoms. The highest BCUT2D eigenvalue weighted by atomic mass is 35.5. The van der Waals surface area contributed by atoms with Crippen LogP contribution in [-0.4, -0.2) is 34.3 Å². The number of rotatable bonds is 7. The zero-order valence-corrected chi connectivity index (χ0v) is 15.7. The number of carbonyl (C=O) groups is 1. The number of methoxy groups -OCH3 is 2. The summed E-state index contributed by atoms with van der Waals surface area (Å²) in [6, 6.07) is 7.39. The summed E-state index contributed by atoms with van der Waals surface area (Å²) in [7, 11) is -0.870. The van der Waals surface area contributed by atoms with Crippen LogP contribution in [0.3, 0.4) is 0 Å².